The number of rotatable bonds is 2. The molecule has 0 aliphatic carbocycles. The summed E-state index contributed by atoms with van der Waals surface area (Å²) in [6.07, 6.45) is 0. The Hall–Kier alpha value is -2.96. The minimum absolute atomic E-state index is 0.0150. The van der Waals surface area contributed by atoms with Crippen LogP contribution in [0.2, 0.25) is 0 Å². The van der Waals surface area contributed by atoms with E-state index in [1.165, 1.54) is 24.3 Å². The minimum atomic E-state index is -1.13. The van der Waals surface area contributed by atoms with Gasteiger partial charge in [-0.2, -0.15) is 0 Å². The molecule has 5 nitrogen and oxygen atoms in total. The first kappa shape index (κ1) is 13.0. The van der Waals surface area contributed by atoms with Crippen LogP contribution < -0.4 is 5.69 Å². The van der Waals surface area contributed by atoms with Crippen LogP contribution in [0.25, 0.3) is 16.7 Å². The van der Waals surface area contributed by atoms with E-state index in [1.54, 1.807) is 0 Å². The van der Waals surface area contributed by atoms with Gasteiger partial charge in [-0.1, -0.05) is 0 Å². The second-order valence-corrected chi connectivity index (χ2v) is 4.40. The summed E-state index contributed by atoms with van der Waals surface area (Å²) in [5, 5.41) is 8.91. The van der Waals surface area contributed by atoms with Crippen molar-refractivity contribution in [2.75, 3.05) is 0 Å². The molecule has 0 bridgehead atoms. The molecule has 2 N–H and O–H groups in total. The molecule has 3 rings (SSSR count). The second-order valence-electron chi connectivity index (χ2n) is 4.40. The van der Waals surface area contributed by atoms with E-state index >= 15 is 0 Å². The molecular weight excluding hydrogens is 282 g/mol. The number of nitrogens with one attached hydrogen (secondary N) is 1. The zero-order chi connectivity index (χ0) is 15.1. The van der Waals surface area contributed by atoms with E-state index in [0.717, 1.165) is 16.7 Å². The summed E-state index contributed by atoms with van der Waals surface area (Å²) in [6, 6.07) is 7.14. The van der Waals surface area contributed by atoms with Crippen LogP contribution in [0.4, 0.5) is 8.78 Å². The third-order valence-electron chi connectivity index (χ3n) is 3.09. The molecule has 0 fully saturated rings. The van der Waals surface area contributed by atoms with Crippen LogP contribution in [0.1, 0.15) is 10.4 Å². The molecule has 0 amide bonds. The summed E-state index contributed by atoms with van der Waals surface area (Å²) in [5.74, 6) is -3.21. The van der Waals surface area contributed by atoms with Gasteiger partial charge in [0.1, 0.15) is 0 Å². The van der Waals surface area contributed by atoms with Crippen LogP contribution in [0.3, 0.4) is 0 Å². The maximum Gasteiger partial charge on any atom is 0.335 e. The molecule has 0 radical (unpaired) electrons. The largest absolute Gasteiger partial charge is 0.478 e. The third kappa shape index (κ3) is 2.08. The molecule has 106 valence electrons. The van der Waals surface area contributed by atoms with E-state index < -0.39 is 23.3 Å². The van der Waals surface area contributed by atoms with E-state index in [-0.39, 0.29) is 11.3 Å². The predicted octanol–water partition coefficient (Wildman–Crippen LogP) is 2.30. The lowest BCUT2D eigenvalue weighted by Gasteiger charge is -2.04. The summed E-state index contributed by atoms with van der Waals surface area (Å²) in [4.78, 5) is 25.3. The minimum Gasteiger partial charge on any atom is -0.478 e. The normalized spacial score (nSPS) is 11.0. The van der Waals surface area contributed by atoms with Gasteiger partial charge in [0.15, 0.2) is 11.6 Å². The number of benzene rings is 2. The van der Waals surface area contributed by atoms with E-state index in [4.69, 9.17) is 5.11 Å². The molecule has 0 saturated carbocycles. The van der Waals surface area contributed by atoms with E-state index in [9.17, 15) is 18.4 Å². The maximum atomic E-state index is 13.3. The molecule has 0 atom stereocenters. The predicted molar refractivity (Wildman–Crippen MR) is 70.8 cm³/mol. The van der Waals surface area contributed by atoms with Crippen molar-refractivity contribution >= 4 is 17.0 Å². The standard InChI is InChI=1S/C14H8F2N2O3/c15-9-3-2-8(6-10(9)16)18-12-4-1-7(13(19)20)5-11(12)17-14(18)21/h1-6H,(H,17,21)(H,19,20). The summed E-state index contributed by atoms with van der Waals surface area (Å²) in [5.41, 5.74) is 0.258. The lowest BCUT2D eigenvalue weighted by Crippen LogP contribution is -2.14. The van der Waals surface area contributed by atoms with Crippen molar-refractivity contribution in [3.63, 3.8) is 0 Å². The molecule has 0 aliphatic rings. The van der Waals surface area contributed by atoms with Gasteiger partial charge in [0.05, 0.1) is 22.3 Å². The zero-order valence-corrected chi connectivity index (χ0v) is 10.4. The molecular formula is C14H8F2N2O3. The number of H-pyrrole nitrogens is 1. The van der Waals surface area contributed by atoms with Gasteiger partial charge >= 0.3 is 11.7 Å². The Morgan fingerprint density at radius 2 is 1.86 bits per heavy atom. The highest BCUT2D eigenvalue weighted by Gasteiger charge is 2.13. The number of fused-ring (bicyclic) bond motifs is 1. The average molecular weight is 290 g/mol. The Morgan fingerprint density at radius 3 is 2.52 bits per heavy atom. The van der Waals surface area contributed by atoms with Crippen molar-refractivity contribution in [3.05, 3.63) is 64.1 Å². The number of carbonyl (C=O) groups is 1. The highest BCUT2D eigenvalue weighted by Crippen LogP contribution is 2.18. The Bertz CT molecular complexity index is 928. The van der Waals surface area contributed by atoms with Crippen LogP contribution >= 0.6 is 0 Å². The Morgan fingerprint density at radius 1 is 1.10 bits per heavy atom. The highest BCUT2D eigenvalue weighted by atomic mass is 19.2. The molecule has 0 aliphatic heterocycles. The molecule has 0 saturated heterocycles. The number of hydrogen-bond donors (Lipinski definition) is 2. The number of carboxylic acid groups (broad SMARTS) is 1. The SMILES string of the molecule is O=C(O)c1ccc2c(c1)[nH]c(=O)n2-c1ccc(F)c(F)c1. The van der Waals surface area contributed by atoms with Crippen molar-refractivity contribution in [2.45, 2.75) is 0 Å². The van der Waals surface area contributed by atoms with Gasteiger partial charge in [0.2, 0.25) is 0 Å². The first-order chi connectivity index (χ1) is 9.97. The van der Waals surface area contributed by atoms with Gasteiger partial charge in [-0.15, -0.1) is 0 Å². The quantitative estimate of drug-likeness (QED) is 0.760. The van der Waals surface area contributed by atoms with E-state index in [2.05, 4.69) is 4.98 Å². The molecule has 1 heterocycles. The smallest absolute Gasteiger partial charge is 0.335 e. The van der Waals surface area contributed by atoms with Crippen LogP contribution in [0, 0.1) is 11.6 Å². The van der Waals surface area contributed by atoms with Gasteiger partial charge in [-0.25, -0.2) is 18.4 Å². The Kier molecular flexibility index (Phi) is 2.83. The van der Waals surface area contributed by atoms with Gasteiger partial charge in [-0.05, 0) is 30.3 Å². The lowest BCUT2D eigenvalue weighted by molar-refractivity contribution is 0.0697. The topological polar surface area (TPSA) is 75.1 Å². The number of aromatic nitrogens is 2. The number of hydrogen-bond acceptors (Lipinski definition) is 2. The number of halogens is 2. The maximum absolute atomic E-state index is 13.3. The van der Waals surface area contributed by atoms with Crippen molar-refractivity contribution in [3.8, 4) is 5.69 Å². The fraction of sp³-hybridized carbons (Fsp3) is 0. The van der Waals surface area contributed by atoms with Crippen LogP contribution in [-0.2, 0) is 0 Å². The summed E-state index contributed by atoms with van der Waals surface area (Å²) < 4.78 is 27.4. The molecule has 0 spiro atoms. The monoisotopic (exact) mass is 290 g/mol. The molecule has 2 aromatic carbocycles. The van der Waals surface area contributed by atoms with Crippen LogP contribution in [0.15, 0.2) is 41.2 Å². The lowest BCUT2D eigenvalue weighted by atomic mass is 10.2. The third-order valence-corrected chi connectivity index (χ3v) is 3.09. The van der Waals surface area contributed by atoms with Gasteiger partial charge < -0.3 is 10.1 Å². The highest BCUT2D eigenvalue weighted by molar-refractivity contribution is 5.92. The van der Waals surface area contributed by atoms with Crippen molar-refractivity contribution in [2.24, 2.45) is 0 Å². The summed E-state index contributed by atoms with van der Waals surface area (Å²) >= 11 is 0. The fourth-order valence-electron chi connectivity index (χ4n) is 2.13. The second kappa shape index (κ2) is 4.55. The van der Waals surface area contributed by atoms with Crippen molar-refractivity contribution in [1.82, 2.24) is 9.55 Å². The van der Waals surface area contributed by atoms with Gasteiger partial charge in [0.25, 0.3) is 0 Å². The molecule has 3 aromatic rings. The van der Waals surface area contributed by atoms with Gasteiger partial charge in [0, 0.05) is 6.07 Å². The van der Waals surface area contributed by atoms with Crippen molar-refractivity contribution in [1.29, 1.82) is 0 Å². The molecule has 1 aromatic heterocycles. The average Bonchev–Trinajstić information content (AvgIpc) is 2.76. The van der Waals surface area contributed by atoms with Gasteiger partial charge in [-0.3, -0.25) is 4.57 Å². The van der Waals surface area contributed by atoms with Crippen LogP contribution in [0.5, 0.6) is 0 Å². The van der Waals surface area contributed by atoms with Crippen molar-refractivity contribution < 1.29 is 18.7 Å². The number of carboxylic acids is 1. The van der Waals surface area contributed by atoms with Crippen LogP contribution in [-0.4, -0.2) is 20.6 Å². The van der Waals surface area contributed by atoms with E-state index in [1.807, 2.05) is 0 Å². The number of aromatic amines is 1. The summed E-state index contributed by atoms with van der Waals surface area (Å²) in [7, 11) is 0. The first-order valence-corrected chi connectivity index (χ1v) is 5.91. The number of nitrogens with zero attached hydrogens (tertiary/aromatic N) is 1. The molecule has 7 heteroatoms. The first-order valence-electron chi connectivity index (χ1n) is 5.91. The number of aromatic carboxylic acids is 1. The number of imidazole rings is 1. The molecule has 21 heavy (non-hydrogen) atoms. The van der Waals surface area contributed by atoms with E-state index in [0.29, 0.717) is 11.0 Å². The zero-order valence-electron chi connectivity index (χ0n) is 10.4. The summed E-state index contributed by atoms with van der Waals surface area (Å²) in [6.45, 7) is 0. The Labute approximate surface area is 116 Å². The fourth-order valence-corrected chi connectivity index (χ4v) is 2.13. The Balaban J connectivity index is 2.27. The molecule has 0 unspecified atom stereocenters.